The lowest BCUT2D eigenvalue weighted by molar-refractivity contribution is -0.119. The zero-order valence-electron chi connectivity index (χ0n) is 9.96. The molecule has 1 atom stereocenters. The minimum atomic E-state index is -1.10. The van der Waals surface area contributed by atoms with E-state index < -0.39 is 5.97 Å². The Labute approximate surface area is 104 Å². The molecule has 0 spiro atoms. The fourth-order valence-electron chi connectivity index (χ4n) is 1.98. The number of carbonyl (C=O) groups excluding carboxylic acids is 1. The average molecular weight is 250 g/mol. The van der Waals surface area contributed by atoms with E-state index >= 15 is 0 Å². The number of amides is 1. The van der Waals surface area contributed by atoms with Crippen LogP contribution in [0.1, 0.15) is 23.8 Å². The Morgan fingerprint density at radius 1 is 1.50 bits per heavy atom. The molecule has 2 heterocycles. The molecule has 1 unspecified atom stereocenters. The number of nitrogens with zero attached hydrogens (tertiary/aromatic N) is 3. The van der Waals surface area contributed by atoms with Crippen LogP contribution in [0.3, 0.4) is 0 Å². The third kappa shape index (κ3) is 2.73. The van der Waals surface area contributed by atoms with Crippen LogP contribution in [0.2, 0.25) is 0 Å². The number of hydrogen-bond donors (Lipinski definition) is 2. The highest BCUT2D eigenvalue weighted by molar-refractivity contribution is 5.85. The molecule has 0 aromatic carbocycles. The van der Waals surface area contributed by atoms with Crippen molar-refractivity contribution in [2.75, 3.05) is 18.0 Å². The van der Waals surface area contributed by atoms with Crippen molar-refractivity contribution in [1.29, 1.82) is 0 Å². The second-order valence-corrected chi connectivity index (χ2v) is 4.20. The van der Waals surface area contributed by atoms with Gasteiger partial charge in [-0.1, -0.05) is 0 Å². The molecule has 0 saturated carbocycles. The van der Waals surface area contributed by atoms with Crippen LogP contribution in [0.15, 0.2) is 12.4 Å². The molecule has 96 valence electrons. The zero-order chi connectivity index (χ0) is 13.1. The van der Waals surface area contributed by atoms with Crippen LogP contribution in [0.4, 0.5) is 5.82 Å². The standard InChI is InChI=1S/C11H14N4O3/c1-7(16)13-8-2-3-15(6-8)10-5-12-4-9(14-10)11(17)18/h4-5,8H,2-3,6H2,1H3,(H,13,16)(H,17,18). The Bertz CT molecular complexity index is 477. The fraction of sp³-hybridized carbons (Fsp3) is 0.455. The van der Waals surface area contributed by atoms with Gasteiger partial charge in [-0.3, -0.25) is 9.78 Å². The number of rotatable bonds is 3. The molecule has 1 amide bonds. The average Bonchev–Trinajstić information content (AvgIpc) is 2.77. The first-order chi connectivity index (χ1) is 8.56. The molecule has 0 bridgehead atoms. The van der Waals surface area contributed by atoms with E-state index in [9.17, 15) is 9.59 Å². The predicted octanol–water partition coefficient (Wildman–Crippen LogP) is -0.110. The monoisotopic (exact) mass is 250 g/mol. The third-order valence-corrected chi connectivity index (χ3v) is 2.76. The molecule has 2 rings (SSSR count). The Balaban J connectivity index is 2.07. The quantitative estimate of drug-likeness (QED) is 0.777. The van der Waals surface area contributed by atoms with Crippen LogP contribution in [0.5, 0.6) is 0 Å². The number of anilines is 1. The van der Waals surface area contributed by atoms with Gasteiger partial charge in [-0.25, -0.2) is 9.78 Å². The maximum atomic E-state index is 11.0. The molecular weight excluding hydrogens is 236 g/mol. The first kappa shape index (κ1) is 12.3. The number of nitrogens with one attached hydrogen (secondary N) is 1. The summed E-state index contributed by atoms with van der Waals surface area (Å²) < 4.78 is 0. The smallest absolute Gasteiger partial charge is 0.356 e. The zero-order valence-corrected chi connectivity index (χ0v) is 9.96. The molecule has 1 aliphatic rings. The molecule has 1 saturated heterocycles. The second kappa shape index (κ2) is 4.99. The Hall–Kier alpha value is -2.18. The molecule has 18 heavy (non-hydrogen) atoms. The highest BCUT2D eigenvalue weighted by atomic mass is 16.4. The summed E-state index contributed by atoms with van der Waals surface area (Å²) in [4.78, 5) is 31.6. The van der Waals surface area contributed by atoms with Crippen molar-refractivity contribution in [2.45, 2.75) is 19.4 Å². The summed E-state index contributed by atoms with van der Waals surface area (Å²) in [5.74, 6) is -0.628. The van der Waals surface area contributed by atoms with Gasteiger partial charge in [-0.15, -0.1) is 0 Å². The molecule has 7 nitrogen and oxygen atoms in total. The van der Waals surface area contributed by atoms with E-state index in [0.717, 1.165) is 13.0 Å². The van der Waals surface area contributed by atoms with Gasteiger partial charge >= 0.3 is 5.97 Å². The molecule has 1 fully saturated rings. The third-order valence-electron chi connectivity index (χ3n) is 2.76. The van der Waals surface area contributed by atoms with Crippen LogP contribution < -0.4 is 10.2 Å². The van der Waals surface area contributed by atoms with Gasteiger partial charge in [0.15, 0.2) is 5.69 Å². The van der Waals surface area contributed by atoms with Crippen molar-refractivity contribution in [3.63, 3.8) is 0 Å². The Morgan fingerprint density at radius 2 is 2.28 bits per heavy atom. The van der Waals surface area contributed by atoms with Crippen molar-refractivity contribution in [3.8, 4) is 0 Å². The van der Waals surface area contributed by atoms with Crippen LogP contribution in [0, 0.1) is 0 Å². The molecular formula is C11H14N4O3. The maximum absolute atomic E-state index is 11.0. The van der Waals surface area contributed by atoms with Crippen LogP contribution in [-0.4, -0.2) is 46.1 Å². The van der Waals surface area contributed by atoms with Crippen LogP contribution in [0.25, 0.3) is 0 Å². The van der Waals surface area contributed by atoms with Gasteiger partial charge in [-0.05, 0) is 6.42 Å². The number of carboxylic acid groups (broad SMARTS) is 1. The number of hydrogen-bond acceptors (Lipinski definition) is 5. The van der Waals surface area contributed by atoms with Crippen LogP contribution in [-0.2, 0) is 4.79 Å². The largest absolute Gasteiger partial charge is 0.476 e. The number of carboxylic acids is 1. The number of aromatic carboxylic acids is 1. The van der Waals surface area contributed by atoms with Gasteiger partial charge in [-0.2, -0.15) is 0 Å². The van der Waals surface area contributed by atoms with E-state index in [1.165, 1.54) is 19.3 Å². The molecule has 1 aromatic rings. The lowest BCUT2D eigenvalue weighted by Gasteiger charge is -2.17. The highest BCUT2D eigenvalue weighted by Crippen LogP contribution is 2.17. The van der Waals surface area contributed by atoms with Gasteiger partial charge in [0.2, 0.25) is 5.91 Å². The molecule has 2 N–H and O–H groups in total. The van der Waals surface area contributed by atoms with E-state index in [4.69, 9.17) is 5.11 Å². The van der Waals surface area contributed by atoms with Crippen LogP contribution >= 0.6 is 0 Å². The predicted molar refractivity (Wildman–Crippen MR) is 63.4 cm³/mol. The SMILES string of the molecule is CC(=O)NC1CCN(c2cncc(C(=O)O)n2)C1. The molecule has 0 aliphatic carbocycles. The molecule has 1 aromatic heterocycles. The highest BCUT2D eigenvalue weighted by Gasteiger charge is 2.24. The normalized spacial score (nSPS) is 18.7. The summed E-state index contributed by atoms with van der Waals surface area (Å²) in [6.45, 7) is 2.83. The van der Waals surface area contributed by atoms with Gasteiger partial charge in [0.1, 0.15) is 5.82 Å². The van der Waals surface area contributed by atoms with Crippen molar-refractivity contribution in [1.82, 2.24) is 15.3 Å². The summed E-state index contributed by atoms with van der Waals surface area (Å²) in [7, 11) is 0. The molecule has 7 heteroatoms. The van der Waals surface area contributed by atoms with E-state index in [0.29, 0.717) is 12.4 Å². The summed E-state index contributed by atoms with van der Waals surface area (Å²) in [6, 6.07) is 0.0813. The van der Waals surface area contributed by atoms with Crippen molar-refractivity contribution in [2.24, 2.45) is 0 Å². The van der Waals surface area contributed by atoms with E-state index in [-0.39, 0.29) is 17.6 Å². The van der Waals surface area contributed by atoms with Gasteiger partial charge in [0.05, 0.1) is 12.4 Å². The fourth-order valence-corrected chi connectivity index (χ4v) is 1.98. The Morgan fingerprint density at radius 3 is 2.94 bits per heavy atom. The second-order valence-electron chi connectivity index (χ2n) is 4.20. The lowest BCUT2D eigenvalue weighted by atomic mass is 10.3. The van der Waals surface area contributed by atoms with E-state index in [2.05, 4.69) is 15.3 Å². The summed E-state index contributed by atoms with van der Waals surface area (Å²) in [5, 5.41) is 11.7. The topological polar surface area (TPSA) is 95.4 Å². The summed E-state index contributed by atoms with van der Waals surface area (Å²) in [5.41, 5.74) is -0.0736. The Kier molecular flexibility index (Phi) is 3.40. The van der Waals surface area contributed by atoms with Crippen molar-refractivity contribution < 1.29 is 14.7 Å². The minimum absolute atomic E-state index is 0.0628. The molecule has 0 radical (unpaired) electrons. The number of aromatic nitrogens is 2. The summed E-state index contributed by atoms with van der Waals surface area (Å²) >= 11 is 0. The van der Waals surface area contributed by atoms with Gasteiger partial charge in [0.25, 0.3) is 0 Å². The summed E-state index contributed by atoms with van der Waals surface area (Å²) in [6.07, 6.45) is 3.56. The maximum Gasteiger partial charge on any atom is 0.356 e. The first-order valence-electron chi connectivity index (χ1n) is 5.63. The van der Waals surface area contributed by atoms with Crippen molar-refractivity contribution in [3.05, 3.63) is 18.1 Å². The van der Waals surface area contributed by atoms with E-state index in [1.54, 1.807) is 0 Å². The van der Waals surface area contributed by atoms with Gasteiger partial charge < -0.3 is 15.3 Å². The minimum Gasteiger partial charge on any atom is -0.476 e. The number of carbonyl (C=O) groups is 2. The first-order valence-corrected chi connectivity index (χ1v) is 5.63. The van der Waals surface area contributed by atoms with Crippen molar-refractivity contribution >= 4 is 17.7 Å². The molecule has 1 aliphatic heterocycles. The van der Waals surface area contributed by atoms with Gasteiger partial charge in [0, 0.05) is 26.1 Å². The lowest BCUT2D eigenvalue weighted by Crippen LogP contribution is -2.35. The van der Waals surface area contributed by atoms with E-state index in [1.807, 2.05) is 4.90 Å².